The molecule has 25 heavy (non-hydrogen) atoms. The molecule has 2 aromatic rings. The quantitative estimate of drug-likeness (QED) is 0.630. The number of benzene rings is 2. The number of hydrogen-bond donors (Lipinski definition) is 1. The van der Waals surface area contributed by atoms with Crippen LogP contribution in [0.3, 0.4) is 0 Å². The molecule has 0 spiro atoms. The predicted octanol–water partition coefficient (Wildman–Crippen LogP) is 3.34. The van der Waals surface area contributed by atoms with Crippen molar-refractivity contribution in [3.63, 3.8) is 0 Å². The summed E-state index contributed by atoms with van der Waals surface area (Å²) in [6.07, 6.45) is 0.260. The van der Waals surface area contributed by atoms with Crippen LogP contribution in [-0.2, 0) is 10.6 Å². The fourth-order valence-corrected chi connectivity index (χ4v) is 3.42. The van der Waals surface area contributed by atoms with E-state index in [9.17, 15) is 0 Å². The van der Waals surface area contributed by atoms with Gasteiger partial charge in [-0.15, -0.1) is 0 Å². The first-order valence-corrected chi connectivity index (χ1v) is 8.30. The summed E-state index contributed by atoms with van der Waals surface area (Å²) >= 11 is 3.98. The Morgan fingerprint density at radius 2 is 1.88 bits per heavy atom. The van der Waals surface area contributed by atoms with Crippen LogP contribution in [0.4, 0.5) is 0 Å². The summed E-state index contributed by atoms with van der Waals surface area (Å²) in [5.41, 5.74) is 1.98. The van der Waals surface area contributed by atoms with E-state index in [2.05, 4.69) is 17.9 Å². The Bertz CT molecular complexity index is 912. The van der Waals surface area contributed by atoms with Gasteiger partial charge in [0.1, 0.15) is 11.7 Å². The van der Waals surface area contributed by atoms with Gasteiger partial charge in [-0.1, -0.05) is 24.3 Å². The van der Waals surface area contributed by atoms with E-state index in [-0.39, 0.29) is 12.7 Å². The Morgan fingerprint density at radius 3 is 2.80 bits per heavy atom. The molecular formula is C18H14N2O4S. The van der Waals surface area contributed by atoms with Gasteiger partial charge >= 0.3 is 0 Å². The number of ether oxygens (including phenoxy) is 3. The maximum atomic E-state index is 6.01. The van der Waals surface area contributed by atoms with E-state index in [1.54, 1.807) is 0 Å². The fraction of sp³-hybridized carbons (Fsp3) is 0.222. The van der Waals surface area contributed by atoms with Gasteiger partial charge in [0.2, 0.25) is 18.6 Å². The minimum Gasteiger partial charge on any atom is -0.454 e. The smallest absolute Gasteiger partial charge is 0.231 e. The van der Waals surface area contributed by atoms with Gasteiger partial charge in [-0.05, 0) is 30.2 Å². The van der Waals surface area contributed by atoms with Crippen LogP contribution in [0.15, 0.2) is 52.4 Å². The molecule has 0 fully saturated rings. The highest BCUT2D eigenvalue weighted by Gasteiger charge is 2.36. The first kappa shape index (κ1) is 14.7. The Labute approximate surface area is 149 Å². The Kier molecular flexibility index (Phi) is 3.34. The van der Waals surface area contributed by atoms with Gasteiger partial charge < -0.3 is 18.4 Å². The molecule has 0 bridgehead atoms. The first-order valence-electron chi connectivity index (χ1n) is 7.94. The van der Waals surface area contributed by atoms with E-state index in [1.165, 1.54) is 0 Å². The third kappa shape index (κ3) is 2.42. The average molecular weight is 354 g/mol. The van der Waals surface area contributed by atoms with Crippen molar-refractivity contribution >= 4 is 24.7 Å². The van der Waals surface area contributed by atoms with Crippen molar-refractivity contribution in [2.45, 2.75) is 12.6 Å². The summed E-state index contributed by atoms with van der Waals surface area (Å²) in [5.74, 6) is 3.19. The van der Waals surface area contributed by atoms with Crippen molar-refractivity contribution in [2.24, 2.45) is 15.9 Å². The Balaban J connectivity index is 1.54. The lowest BCUT2D eigenvalue weighted by Crippen LogP contribution is -2.37. The standard InChI is InChI=1S/C18H14N2O4S/c25-24-18-12-7-10-3-1-2-4-13(10)23-17(12)19-16(20-18)11-5-6-14-15(8-11)22-9-21-14/h1-6,8,12,16,25H,7,9H2. The van der Waals surface area contributed by atoms with Crippen molar-refractivity contribution in [1.82, 2.24) is 0 Å². The number of hydrogen-bond acceptors (Lipinski definition) is 7. The SMILES string of the molecule is SOC1=NC(c2ccc3c(c2)OCO3)N=C2Oc3ccccc3CC12. The van der Waals surface area contributed by atoms with Gasteiger partial charge in [0, 0.05) is 18.5 Å². The van der Waals surface area contributed by atoms with Gasteiger partial charge in [0.25, 0.3) is 0 Å². The molecule has 0 aromatic heterocycles. The minimum atomic E-state index is -0.465. The lowest BCUT2D eigenvalue weighted by molar-refractivity contribution is 0.174. The van der Waals surface area contributed by atoms with E-state index in [0.29, 0.717) is 17.5 Å². The Morgan fingerprint density at radius 1 is 1.00 bits per heavy atom. The molecule has 0 amide bonds. The summed E-state index contributed by atoms with van der Waals surface area (Å²) < 4.78 is 22.1. The molecule has 3 aliphatic rings. The molecule has 6 nitrogen and oxygen atoms in total. The molecule has 2 unspecified atom stereocenters. The van der Waals surface area contributed by atoms with E-state index in [0.717, 1.165) is 29.0 Å². The van der Waals surface area contributed by atoms with Crippen molar-refractivity contribution in [1.29, 1.82) is 0 Å². The van der Waals surface area contributed by atoms with Crippen LogP contribution >= 0.6 is 12.9 Å². The molecule has 0 N–H and O–H groups in total. The topological polar surface area (TPSA) is 61.6 Å². The predicted molar refractivity (Wildman–Crippen MR) is 94.5 cm³/mol. The lowest BCUT2D eigenvalue weighted by Gasteiger charge is -2.30. The molecule has 7 heteroatoms. The summed E-state index contributed by atoms with van der Waals surface area (Å²) in [6, 6.07) is 13.6. The third-order valence-corrected chi connectivity index (χ3v) is 4.68. The van der Waals surface area contributed by atoms with Gasteiger partial charge in [-0.3, -0.25) is 0 Å². The van der Waals surface area contributed by atoms with Crippen LogP contribution in [-0.4, -0.2) is 18.6 Å². The second-order valence-corrected chi connectivity index (χ2v) is 6.16. The van der Waals surface area contributed by atoms with E-state index < -0.39 is 6.17 Å². The van der Waals surface area contributed by atoms with Gasteiger partial charge in [-0.2, -0.15) is 0 Å². The van der Waals surface area contributed by atoms with Crippen LogP contribution in [0.5, 0.6) is 17.2 Å². The van der Waals surface area contributed by atoms with Gasteiger partial charge in [-0.25, -0.2) is 9.98 Å². The molecule has 0 saturated heterocycles. The largest absolute Gasteiger partial charge is 0.454 e. The number of thiol groups is 1. The molecule has 5 rings (SSSR count). The molecule has 2 atom stereocenters. The van der Waals surface area contributed by atoms with Crippen LogP contribution in [0.25, 0.3) is 0 Å². The highest BCUT2D eigenvalue weighted by atomic mass is 32.1. The van der Waals surface area contributed by atoms with Crippen molar-refractivity contribution < 1.29 is 18.4 Å². The zero-order valence-electron chi connectivity index (χ0n) is 13.1. The van der Waals surface area contributed by atoms with Crippen LogP contribution in [0, 0.1) is 5.92 Å². The summed E-state index contributed by atoms with van der Waals surface area (Å²) in [5, 5.41) is 0. The van der Waals surface area contributed by atoms with E-state index >= 15 is 0 Å². The van der Waals surface area contributed by atoms with Crippen molar-refractivity contribution in [3.8, 4) is 17.2 Å². The van der Waals surface area contributed by atoms with Gasteiger partial charge in [0.05, 0.1) is 0 Å². The average Bonchev–Trinajstić information content (AvgIpc) is 3.13. The first-order chi connectivity index (χ1) is 12.3. The molecule has 0 radical (unpaired) electrons. The summed E-state index contributed by atoms with van der Waals surface area (Å²) in [6.45, 7) is 0.230. The van der Waals surface area contributed by atoms with Crippen LogP contribution in [0.1, 0.15) is 17.3 Å². The molecule has 3 aliphatic heterocycles. The van der Waals surface area contributed by atoms with E-state index in [4.69, 9.17) is 23.4 Å². The maximum Gasteiger partial charge on any atom is 0.231 e. The van der Waals surface area contributed by atoms with E-state index in [1.807, 2.05) is 42.5 Å². The minimum absolute atomic E-state index is 0.155. The Hall–Kier alpha value is -2.67. The maximum absolute atomic E-state index is 6.01. The molecule has 3 heterocycles. The zero-order valence-corrected chi connectivity index (χ0v) is 14.0. The second kappa shape index (κ2) is 5.70. The molecule has 2 aromatic carbocycles. The summed E-state index contributed by atoms with van der Waals surface area (Å²) in [7, 11) is 0. The normalized spacial score (nSPS) is 22.9. The number of rotatable bonds is 1. The number of nitrogens with zero attached hydrogens (tertiary/aromatic N) is 2. The fourth-order valence-electron chi connectivity index (χ4n) is 3.24. The van der Waals surface area contributed by atoms with Crippen molar-refractivity contribution in [2.75, 3.05) is 6.79 Å². The van der Waals surface area contributed by atoms with Crippen molar-refractivity contribution in [3.05, 3.63) is 53.6 Å². The van der Waals surface area contributed by atoms with Crippen LogP contribution < -0.4 is 14.2 Å². The number of fused-ring (bicyclic) bond motifs is 3. The highest BCUT2D eigenvalue weighted by Crippen LogP contribution is 2.38. The monoisotopic (exact) mass is 354 g/mol. The highest BCUT2D eigenvalue weighted by molar-refractivity contribution is 7.75. The van der Waals surface area contributed by atoms with Crippen LogP contribution in [0.2, 0.25) is 0 Å². The second-order valence-electron chi connectivity index (χ2n) is 5.98. The zero-order chi connectivity index (χ0) is 16.8. The molecule has 0 saturated carbocycles. The number of para-hydroxylation sites is 1. The number of aliphatic imine (C=N–C) groups is 2. The summed E-state index contributed by atoms with van der Waals surface area (Å²) in [4.78, 5) is 9.30. The lowest BCUT2D eigenvalue weighted by atomic mass is 9.94. The van der Waals surface area contributed by atoms with Gasteiger partial charge in [0.15, 0.2) is 17.7 Å². The molecule has 0 aliphatic carbocycles. The third-order valence-electron chi connectivity index (χ3n) is 4.49. The molecular weight excluding hydrogens is 340 g/mol. The molecule has 126 valence electrons.